The van der Waals surface area contributed by atoms with E-state index in [4.69, 9.17) is 14.9 Å². The van der Waals surface area contributed by atoms with Crippen LogP contribution in [0.1, 0.15) is 0 Å². The molecule has 1 aliphatic heterocycles. The quantitative estimate of drug-likeness (QED) is 0.236. The third kappa shape index (κ3) is 3.93. The minimum atomic E-state index is -4.55. The van der Waals surface area contributed by atoms with Crippen molar-refractivity contribution in [3.8, 4) is 0 Å². The van der Waals surface area contributed by atoms with Gasteiger partial charge < -0.3 is 40.1 Å². The van der Waals surface area contributed by atoms with Crippen molar-refractivity contribution in [2.45, 2.75) is 36.8 Å². The molecule has 0 aromatic rings. The number of rotatable bonds is 4. The maximum atomic E-state index is 10.5. The van der Waals surface area contributed by atoms with Crippen LogP contribution in [-0.4, -0.2) is 78.7 Å². The summed E-state index contributed by atoms with van der Waals surface area (Å²) >= 11 is 0. The monoisotopic (exact) mass is 289 g/mol. The average molecular weight is 289 g/mol. The Kier molecular flexibility index (Phi) is 5.21. The molecule has 0 saturated carbocycles. The van der Waals surface area contributed by atoms with Gasteiger partial charge in [0.05, 0.1) is 6.10 Å². The summed E-state index contributed by atoms with van der Waals surface area (Å²) in [7, 11) is -4.55. The topological polar surface area (TPSA) is 180 Å². The smallest absolute Gasteiger partial charge is 0.389 e. The fourth-order valence-corrected chi connectivity index (χ4v) is 1.96. The number of aliphatic hydroxyl groups is 5. The fourth-order valence-electron chi connectivity index (χ4n) is 1.53. The van der Waals surface area contributed by atoms with Crippen LogP contribution in [0.4, 0.5) is 0 Å². The predicted molar refractivity (Wildman–Crippen MR) is 55.0 cm³/mol. The minimum Gasteiger partial charge on any atom is -0.389 e. The van der Waals surface area contributed by atoms with Gasteiger partial charge in [-0.25, -0.2) is 9.65 Å². The van der Waals surface area contributed by atoms with E-state index in [2.05, 4.69) is 4.74 Å². The summed E-state index contributed by atoms with van der Waals surface area (Å²) in [5.74, 6) is 0. The summed E-state index contributed by atoms with van der Waals surface area (Å²) in [6.45, 7) is -0.637. The molecule has 10 nitrogen and oxygen atoms in total. The van der Waals surface area contributed by atoms with Crippen molar-refractivity contribution in [2.75, 3.05) is 6.54 Å². The second kappa shape index (κ2) is 5.88. The van der Waals surface area contributed by atoms with E-state index >= 15 is 0 Å². The van der Waals surface area contributed by atoms with Crippen LogP contribution in [0.2, 0.25) is 0 Å². The molecule has 1 saturated heterocycles. The van der Waals surface area contributed by atoms with Crippen LogP contribution in [0.3, 0.4) is 0 Å². The Bertz CT molecular complexity index is 322. The number of hydrogen-bond donors (Lipinski definition) is 8. The number of nitrogens with one attached hydrogen (secondary N) is 1. The Morgan fingerprint density at radius 3 is 2.17 bits per heavy atom. The minimum absolute atomic E-state index is 0.637. The summed E-state index contributed by atoms with van der Waals surface area (Å²) in [5, 5.41) is 48.4. The first-order valence-electron chi connectivity index (χ1n) is 5.00. The predicted octanol–water partition coefficient (Wildman–Crippen LogP) is -4.17. The average Bonchev–Trinajstić information content (AvgIpc) is 2.27. The molecule has 8 N–H and O–H groups in total. The SMILES string of the molecule is O=P(O)(O)NC[C@@H](O)[C@H]1OC(O)[C@@H](O)[C@@H](O)[C@@H]1O. The van der Waals surface area contributed by atoms with Gasteiger partial charge in [-0.3, -0.25) is 0 Å². The molecule has 18 heavy (non-hydrogen) atoms. The molecule has 0 bridgehead atoms. The Hall–Kier alpha value is -0.130. The van der Waals surface area contributed by atoms with Gasteiger partial charge in [0.25, 0.3) is 0 Å². The van der Waals surface area contributed by atoms with Crippen molar-refractivity contribution in [3.05, 3.63) is 0 Å². The van der Waals surface area contributed by atoms with Crippen LogP contribution >= 0.6 is 7.75 Å². The highest BCUT2D eigenvalue weighted by molar-refractivity contribution is 7.49. The van der Waals surface area contributed by atoms with E-state index in [9.17, 15) is 25.0 Å². The van der Waals surface area contributed by atoms with Crippen LogP contribution in [0.25, 0.3) is 0 Å². The molecule has 1 rings (SSSR count). The molecule has 0 aromatic heterocycles. The Labute approximate surface area is 102 Å². The second-order valence-corrected chi connectivity index (χ2v) is 5.34. The summed E-state index contributed by atoms with van der Waals surface area (Å²) in [6, 6.07) is 0. The van der Waals surface area contributed by atoms with E-state index in [1.165, 1.54) is 0 Å². The molecular weight excluding hydrogens is 273 g/mol. The molecule has 0 aromatic carbocycles. The summed E-state index contributed by atoms with van der Waals surface area (Å²) in [4.78, 5) is 17.0. The summed E-state index contributed by atoms with van der Waals surface area (Å²) in [5.41, 5.74) is 0. The van der Waals surface area contributed by atoms with Gasteiger partial charge in [0.1, 0.15) is 24.4 Å². The molecule has 1 fully saturated rings. The summed E-state index contributed by atoms with van der Waals surface area (Å²) in [6.07, 6.45) is -10.1. The maximum Gasteiger partial charge on any atom is 0.400 e. The maximum absolute atomic E-state index is 10.5. The Morgan fingerprint density at radius 2 is 1.67 bits per heavy atom. The largest absolute Gasteiger partial charge is 0.400 e. The van der Waals surface area contributed by atoms with Crippen molar-refractivity contribution in [1.82, 2.24) is 5.09 Å². The van der Waals surface area contributed by atoms with Gasteiger partial charge in [-0.15, -0.1) is 0 Å². The highest BCUT2D eigenvalue weighted by atomic mass is 31.2. The van der Waals surface area contributed by atoms with E-state index in [0.717, 1.165) is 0 Å². The van der Waals surface area contributed by atoms with Crippen molar-refractivity contribution in [2.24, 2.45) is 0 Å². The van der Waals surface area contributed by atoms with Crippen molar-refractivity contribution in [3.63, 3.8) is 0 Å². The number of aliphatic hydroxyl groups excluding tert-OH is 5. The van der Waals surface area contributed by atoms with Gasteiger partial charge in [0, 0.05) is 6.54 Å². The van der Waals surface area contributed by atoms with E-state index in [1.807, 2.05) is 0 Å². The number of hydrogen-bond acceptors (Lipinski definition) is 7. The standard InChI is InChI=1S/C7H16NO9P/c9-2(1-8-18(14,15)16)6-4(11)3(10)5(12)7(13)17-6/h2-7,9-13H,1H2,(H3,8,14,15,16)/t2-,3+,4+,5+,6-,7?/m1/s1. The van der Waals surface area contributed by atoms with Gasteiger partial charge >= 0.3 is 7.75 Å². The first-order chi connectivity index (χ1) is 8.13. The Morgan fingerprint density at radius 1 is 1.11 bits per heavy atom. The van der Waals surface area contributed by atoms with E-state index in [1.54, 1.807) is 5.09 Å². The highest BCUT2D eigenvalue weighted by Gasteiger charge is 2.45. The van der Waals surface area contributed by atoms with E-state index in [0.29, 0.717) is 0 Å². The zero-order chi connectivity index (χ0) is 14.1. The van der Waals surface area contributed by atoms with Crippen LogP contribution in [0, 0.1) is 0 Å². The van der Waals surface area contributed by atoms with Crippen LogP contribution in [0.5, 0.6) is 0 Å². The van der Waals surface area contributed by atoms with Gasteiger partial charge in [-0.1, -0.05) is 0 Å². The van der Waals surface area contributed by atoms with Crippen molar-refractivity contribution >= 4 is 7.75 Å². The molecule has 1 heterocycles. The Balaban J connectivity index is 2.62. The molecule has 1 unspecified atom stereocenters. The molecule has 0 spiro atoms. The lowest BCUT2D eigenvalue weighted by atomic mass is 9.95. The lowest BCUT2D eigenvalue weighted by molar-refractivity contribution is -0.296. The molecule has 0 radical (unpaired) electrons. The second-order valence-electron chi connectivity index (χ2n) is 3.94. The molecule has 108 valence electrons. The first-order valence-corrected chi connectivity index (χ1v) is 6.61. The number of ether oxygens (including phenoxy) is 1. The van der Waals surface area contributed by atoms with Gasteiger partial charge in [0.15, 0.2) is 6.29 Å². The zero-order valence-corrected chi connectivity index (χ0v) is 9.96. The fraction of sp³-hybridized carbons (Fsp3) is 1.00. The zero-order valence-electron chi connectivity index (χ0n) is 9.07. The lowest BCUT2D eigenvalue weighted by Gasteiger charge is -2.40. The lowest BCUT2D eigenvalue weighted by Crippen LogP contribution is -2.61. The molecule has 0 aliphatic carbocycles. The van der Waals surface area contributed by atoms with Gasteiger partial charge in [-0.05, 0) is 0 Å². The normalized spacial score (nSPS) is 39.6. The third-order valence-electron chi connectivity index (χ3n) is 2.51. The van der Waals surface area contributed by atoms with Gasteiger partial charge in [0.2, 0.25) is 0 Å². The first kappa shape index (κ1) is 15.9. The summed E-state index contributed by atoms with van der Waals surface area (Å²) < 4.78 is 15.2. The molecule has 11 heteroatoms. The van der Waals surface area contributed by atoms with Crippen molar-refractivity contribution < 1.29 is 44.6 Å². The van der Waals surface area contributed by atoms with Crippen molar-refractivity contribution in [1.29, 1.82) is 0 Å². The highest BCUT2D eigenvalue weighted by Crippen LogP contribution is 2.28. The van der Waals surface area contributed by atoms with Gasteiger partial charge in [-0.2, -0.15) is 0 Å². The molecule has 1 aliphatic rings. The molecular formula is C7H16NO9P. The van der Waals surface area contributed by atoms with Crippen LogP contribution < -0.4 is 5.09 Å². The van der Waals surface area contributed by atoms with E-state index < -0.39 is 51.1 Å². The molecule has 0 amide bonds. The third-order valence-corrected chi connectivity index (χ3v) is 3.11. The van der Waals surface area contributed by atoms with E-state index in [-0.39, 0.29) is 0 Å². The van der Waals surface area contributed by atoms with Crippen LogP contribution in [-0.2, 0) is 9.30 Å². The van der Waals surface area contributed by atoms with Crippen LogP contribution in [0.15, 0.2) is 0 Å². The molecule has 6 atom stereocenters.